The summed E-state index contributed by atoms with van der Waals surface area (Å²) >= 11 is 6.40. The summed E-state index contributed by atoms with van der Waals surface area (Å²) in [6.45, 7) is 1.96. The number of halogens is 1. The second-order valence-corrected chi connectivity index (χ2v) is 5.82. The summed E-state index contributed by atoms with van der Waals surface area (Å²) in [6.07, 6.45) is 4.04. The molecule has 1 aliphatic heterocycles. The first-order valence-corrected chi connectivity index (χ1v) is 7.93. The molecule has 1 aromatic carbocycles. The number of hydrogen-bond donors (Lipinski definition) is 0. The molecule has 4 nitrogen and oxygen atoms in total. The van der Waals surface area contributed by atoms with Crippen molar-refractivity contribution in [3.8, 4) is 0 Å². The monoisotopic (exact) mass is 315 g/mol. The third-order valence-electron chi connectivity index (χ3n) is 3.88. The SMILES string of the molecule is O=CCc1nc(Cl)c(Cc2ccccc2)c(N2CCCC2)n1. The van der Waals surface area contributed by atoms with Crippen LogP contribution in [0, 0.1) is 0 Å². The molecule has 2 heterocycles. The lowest BCUT2D eigenvalue weighted by atomic mass is 10.1. The summed E-state index contributed by atoms with van der Waals surface area (Å²) in [5, 5.41) is 0.456. The Morgan fingerprint density at radius 2 is 1.86 bits per heavy atom. The normalized spacial score (nSPS) is 14.3. The minimum absolute atomic E-state index is 0.201. The van der Waals surface area contributed by atoms with Gasteiger partial charge in [-0.15, -0.1) is 0 Å². The molecular formula is C17H18ClN3O. The standard InChI is InChI=1S/C17H18ClN3O/c18-16-14(12-13-6-2-1-3-7-13)17(21-9-4-5-10-21)20-15(19-16)8-11-22/h1-3,6-7,11H,4-5,8-10,12H2. The molecule has 0 saturated carbocycles. The van der Waals surface area contributed by atoms with Crippen molar-refractivity contribution < 1.29 is 4.79 Å². The van der Waals surface area contributed by atoms with Crippen molar-refractivity contribution in [2.24, 2.45) is 0 Å². The van der Waals surface area contributed by atoms with Gasteiger partial charge in [-0.3, -0.25) is 0 Å². The molecule has 2 aromatic rings. The third-order valence-corrected chi connectivity index (χ3v) is 4.19. The highest BCUT2D eigenvalue weighted by Crippen LogP contribution is 2.29. The Bertz CT molecular complexity index is 654. The summed E-state index contributed by atoms with van der Waals surface area (Å²) in [6, 6.07) is 10.2. The van der Waals surface area contributed by atoms with Crippen molar-refractivity contribution in [2.75, 3.05) is 18.0 Å². The van der Waals surface area contributed by atoms with Crippen LogP contribution in [0.3, 0.4) is 0 Å². The van der Waals surface area contributed by atoms with Gasteiger partial charge in [0.05, 0.1) is 6.42 Å². The summed E-state index contributed by atoms with van der Waals surface area (Å²) in [4.78, 5) is 21.9. The molecule has 1 fully saturated rings. The van der Waals surface area contributed by atoms with Gasteiger partial charge in [-0.1, -0.05) is 41.9 Å². The maximum atomic E-state index is 10.8. The fraction of sp³-hybridized carbons (Fsp3) is 0.353. The number of anilines is 1. The molecule has 0 spiro atoms. The van der Waals surface area contributed by atoms with Gasteiger partial charge in [0.15, 0.2) is 0 Å². The van der Waals surface area contributed by atoms with Crippen molar-refractivity contribution in [1.29, 1.82) is 0 Å². The van der Waals surface area contributed by atoms with Crippen LogP contribution in [-0.2, 0) is 17.6 Å². The van der Waals surface area contributed by atoms with Gasteiger partial charge in [-0.05, 0) is 18.4 Å². The van der Waals surface area contributed by atoms with E-state index in [-0.39, 0.29) is 6.42 Å². The highest BCUT2D eigenvalue weighted by Gasteiger charge is 2.21. The molecule has 0 unspecified atom stereocenters. The van der Waals surface area contributed by atoms with E-state index in [4.69, 9.17) is 11.6 Å². The Morgan fingerprint density at radius 3 is 2.55 bits per heavy atom. The molecule has 0 amide bonds. The van der Waals surface area contributed by atoms with Crippen LogP contribution in [0.25, 0.3) is 0 Å². The van der Waals surface area contributed by atoms with E-state index >= 15 is 0 Å². The van der Waals surface area contributed by atoms with Crippen molar-refractivity contribution in [2.45, 2.75) is 25.7 Å². The predicted molar refractivity (Wildman–Crippen MR) is 87.5 cm³/mol. The molecule has 0 radical (unpaired) electrons. The van der Waals surface area contributed by atoms with Crippen LogP contribution >= 0.6 is 11.6 Å². The van der Waals surface area contributed by atoms with Crippen molar-refractivity contribution >= 4 is 23.7 Å². The van der Waals surface area contributed by atoms with Gasteiger partial charge in [0.25, 0.3) is 0 Å². The summed E-state index contributed by atoms with van der Waals surface area (Å²) in [5.74, 6) is 1.39. The van der Waals surface area contributed by atoms with Gasteiger partial charge in [-0.25, -0.2) is 9.97 Å². The van der Waals surface area contributed by atoms with E-state index in [0.29, 0.717) is 17.4 Å². The molecule has 0 N–H and O–H groups in total. The maximum Gasteiger partial charge on any atom is 0.139 e. The lowest BCUT2D eigenvalue weighted by Gasteiger charge is -2.21. The number of hydrogen-bond acceptors (Lipinski definition) is 4. The molecule has 22 heavy (non-hydrogen) atoms. The summed E-state index contributed by atoms with van der Waals surface area (Å²) in [5.41, 5.74) is 2.13. The smallest absolute Gasteiger partial charge is 0.139 e. The molecule has 0 bridgehead atoms. The zero-order valence-corrected chi connectivity index (χ0v) is 13.1. The van der Waals surface area contributed by atoms with Crippen LogP contribution in [0.2, 0.25) is 5.15 Å². The first-order chi connectivity index (χ1) is 10.8. The molecule has 1 aromatic heterocycles. The van der Waals surface area contributed by atoms with Gasteiger partial charge in [0, 0.05) is 25.1 Å². The van der Waals surface area contributed by atoms with E-state index in [9.17, 15) is 4.79 Å². The number of benzene rings is 1. The third kappa shape index (κ3) is 3.28. The van der Waals surface area contributed by atoms with Crippen molar-refractivity contribution in [3.05, 3.63) is 52.4 Å². The van der Waals surface area contributed by atoms with Crippen molar-refractivity contribution in [1.82, 2.24) is 9.97 Å². The fourth-order valence-electron chi connectivity index (χ4n) is 2.80. The van der Waals surface area contributed by atoms with Crippen LogP contribution in [0.5, 0.6) is 0 Å². The van der Waals surface area contributed by atoms with E-state index in [2.05, 4.69) is 27.0 Å². The Morgan fingerprint density at radius 1 is 1.14 bits per heavy atom. The van der Waals surface area contributed by atoms with Gasteiger partial charge < -0.3 is 9.69 Å². The number of nitrogens with zero attached hydrogens (tertiary/aromatic N) is 3. The Kier molecular flexibility index (Phi) is 4.68. The Balaban J connectivity index is 2.00. The minimum Gasteiger partial charge on any atom is -0.356 e. The number of carbonyl (C=O) groups is 1. The zero-order chi connectivity index (χ0) is 15.4. The lowest BCUT2D eigenvalue weighted by Crippen LogP contribution is -2.22. The van der Waals surface area contributed by atoms with Crippen LogP contribution in [0.15, 0.2) is 30.3 Å². The molecule has 0 atom stereocenters. The first kappa shape index (κ1) is 15.0. The Hall–Kier alpha value is -1.94. The second kappa shape index (κ2) is 6.88. The minimum atomic E-state index is 0.201. The summed E-state index contributed by atoms with van der Waals surface area (Å²) < 4.78 is 0. The van der Waals surface area contributed by atoms with Gasteiger partial charge >= 0.3 is 0 Å². The highest BCUT2D eigenvalue weighted by molar-refractivity contribution is 6.30. The molecular weight excluding hydrogens is 298 g/mol. The number of rotatable bonds is 5. The number of aldehydes is 1. The van der Waals surface area contributed by atoms with Gasteiger partial charge in [-0.2, -0.15) is 0 Å². The second-order valence-electron chi connectivity index (χ2n) is 5.46. The lowest BCUT2D eigenvalue weighted by molar-refractivity contribution is -0.107. The van der Waals surface area contributed by atoms with E-state index in [0.717, 1.165) is 43.6 Å². The molecule has 0 aliphatic carbocycles. The Labute approximate surface area is 135 Å². The maximum absolute atomic E-state index is 10.8. The average Bonchev–Trinajstić information content (AvgIpc) is 3.05. The average molecular weight is 316 g/mol. The van der Waals surface area contributed by atoms with Crippen LogP contribution in [-0.4, -0.2) is 29.3 Å². The molecule has 5 heteroatoms. The van der Waals surface area contributed by atoms with Crippen LogP contribution in [0.1, 0.15) is 29.8 Å². The topological polar surface area (TPSA) is 46.1 Å². The van der Waals surface area contributed by atoms with E-state index < -0.39 is 0 Å². The molecule has 1 aliphatic rings. The quantitative estimate of drug-likeness (QED) is 0.628. The van der Waals surface area contributed by atoms with E-state index in [1.807, 2.05) is 18.2 Å². The van der Waals surface area contributed by atoms with E-state index in [1.165, 1.54) is 5.56 Å². The van der Waals surface area contributed by atoms with Gasteiger partial charge in [0.1, 0.15) is 23.1 Å². The molecule has 1 saturated heterocycles. The zero-order valence-electron chi connectivity index (χ0n) is 12.3. The molecule has 3 rings (SSSR count). The van der Waals surface area contributed by atoms with Crippen LogP contribution < -0.4 is 4.90 Å². The van der Waals surface area contributed by atoms with Crippen LogP contribution in [0.4, 0.5) is 5.82 Å². The van der Waals surface area contributed by atoms with Crippen molar-refractivity contribution in [3.63, 3.8) is 0 Å². The molecule has 114 valence electrons. The predicted octanol–water partition coefficient (Wildman–Crippen LogP) is 3.06. The van der Waals surface area contributed by atoms with Gasteiger partial charge in [0.2, 0.25) is 0 Å². The first-order valence-electron chi connectivity index (χ1n) is 7.55. The number of carbonyl (C=O) groups excluding carboxylic acids is 1. The fourth-order valence-corrected chi connectivity index (χ4v) is 3.04. The summed E-state index contributed by atoms with van der Waals surface area (Å²) in [7, 11) is 0. The van der Waals surface area contributed by atoms with E-state index in [1.54, 1.807) is 0 Å². The highest BCUT2D eigenvalue weighted by atomic mass is 35.5. The number of aromatic nitrogens is 2. The largest absolute Gasteiger partial charge is 0.356 e.